The molecule has 4 aliphatic rings. The van der Waals surface area contributed by atoms with Crippen LogP contribution >= 0.6 is 0 Å². The fourth-order valence-electron chi connectivity index (χ4n) is 9.73. The van der Waals surface area contributed by atoms with Crippen molar-refractivity contribution in [2.24, 2.45) is 0 Å². The summed E-state index contributed by atoms with van der Waals surface area (Å²) in [6.45, 7) is 1.83. The lowest BCUT2D eigenvalue weighted by atomic mass is 10.0. The summed E-state index contributed by atoms with van der Waals surface area (Å²) >= 11 is 0. The van der Waals surface area contributed by atoms with Crippen molar-refractivity contribution in [3.05, 3.63) is 192 Å². The molecule has 2 unspecified atom stereocenters. The standard InChI is InChI=1S/C59H46N6O12/c1-36(66)60(50-33-56(72)64(58(50)74)42-13-3-9-38(27-42)25-40-11-5-17-46(29-40)76-48-19-7-15-44(31-48)62-52(68)21-22-53(62)69)35-61(37(2)67)51-34-57(73)65(59(51)75)43-14-4-10-39(28-43)26-41-12-6-18-47(30-41)77-49-20-8-16-45(32-49)63-54(70)23-24-55(63)71/h3-24,27-32,50-51H,25-26,33-35H2,1-2H3. The molecule has 77 heavy (non-hydrogen) atoms. The van der Waals surface area contributed by atoms with Crippen LogP contribution in [0.15, 0.2) is 170 Å². The lowest BCUT2D eigenvalue weighted by molar-refractivity contribution is -0.147. The van der Waals surface area contributed by atoms with Crippen LogP contribution in [-0.4, -0.2) is 87.6 Å². The Bertz CT molecular complexity index is 3300. The molecule has 18 heteroatoms. The third-order valence-corrected chi connectivity index (χ3v) is 13.3. The van der Waals surface area contributed by atoms with Crippen LogP contribution in [0, 0.1) is 0 Å². The van der Waals surface area contributed by atoms with E-state index >= 15 is 0 Å². The van der Waals surface area contributed by atoms with Crippen molar-refractivity contribution >= 4 is 81.8 Å². The zero-order valence-electron chi connectivity index (χ0n) is 41.4. The summed E-state index contributed by atoms with van der Waals surface area (Å²) in [5.41, 5.74) is 4.39. The molecule has 0 aliphatic carbocycles. The van der Waals surface area contributed by atoms with Crippen molar-refractivity contribution in [1.29, 1.82) is 0 Å². The molecular weight excluding hydrogens is 985 g/mol. The average molecular weight is 1030 g/mol. The smallest absolute Gasteiger partial charge is 0.258 e. The van der Waals surface area contributed by atoms with Gasteiger partial charge in [0.15, 0.2) is 0 Å². The van der Waals surface area contributed by atoms with E-state index in [4.69, 9.17) is 9.47 Å². The largest absolute Gasteiger partial charge is 0.457 e. The molecule has 18 nitrogen and oxygen atoms in total. The van der Waals surface area contributed by atoms with E-state index in [1.807, 2.05) is 36.4 Å². The fraction of sp³-hybridized carbons (Fsp3) is 0.153. The highest BCUT2D eigenvalue weighted by atomic mass is 16.5. The molecule has 6 aromatic carbocycles. The predicted octanol–water partition coefficient (Wildman–Crippen LogP) is 6.93. The summed E-state index contributed by atoms with van der Waals surface area (Å²) < 4.78 is 12.2. The first kappa shape index (κ1) is 50.4. The molecule has 0 saturated carbocycles. The first-order chi connectivity index (χ1) is 37.1. The number of ether oxygens (including phenoxy) is 2. The van der Waals surface area contributed by atoms with Crippen molar-refractivity contribution in [1.82, 2.24) is 9.80 Å². The van der Waals surface area contributed by atoms with E-state index in [1.54, 1.807) is 109 Å². The monoisotopic (exact) mass is 1030 g/mol. The number of hydrogen-bond acceptors (Lipinski definition) is 12. The van der Waals surface area contributed by atoms with Crippen molar-refractivity contribution in [3.8, 4) is 23.0 Å². The quantitative estimate of drug-likeness (QED) is 0.0714. The van der Waals surface area contributed by atoms with Gasteiger partial charge in [-0.3, -0.25) is 47.9 Å². The number of amides is 10. The molecule has 0 bridgehead atoms. The average Bonchev–Trinajstić information content (AvgIpc) is 4.15. The number of hydrogen-bond donors (Lipinski definition) is 0. The maximum Gasteiger partial charge on any atom is 0.258 e. The Hall–Kier alpha value is -10.1. The van der Waals surface area contributed by atoms with Gasteiger partial charge in [0.2, 0.25) is 23.6 Å². The van der Waals surface area contributed by atoms with E-state index in [0.29, 0.717) is 47.2 Å². The number of rotatable bonds is 16. The normalized spacial score (nSPS) is 17.1. The number of carbonyl (C=O) groups excluding carboxylic acids is 10. The van der Waals surface area contributed by atoms with Gasteiger partial charge in [0, 0.05) is 50.3 Å². The highest BCUT2D eigenvalue weighted by Crippen LogP contribution is 2.34. The predicted molar refractivity (Wildman–Crippen MR) is 279 cm³/mol. The molecule has 0 radical (unpaired) electrons. The van der Waals surface area contributed by atoms with E-state index in [1.165, 1.54) is 38.2 Å². The summed E-state index contributed by atoms with van der Waals surface area (Å²) in [6.07, 6.45) is 4.74. The molecule has 4 heterocycles. The van der Waals surface area contributed by atoms with E-state index < -0.39 is 90.7 Å². The zero-order chi connectivity index (χ0) is 54.1. The molecule has 0 spiro atoms. The fourth-order valence-corrected chi connectivity index (χ4v) is 9.73. The highest BCUT2D eigenvalue weighted by molar-refractivity contribution is 6.29. The van der Waals surface area contributed by atoms with E-state index in [0.717, 1.165) is 51.7 Å². The summed E-state index contributed by atoms with van der Waals surface area (Å²) in [5, 5.41) is 0. The molecule has 384 valence electrons. The van der Waals surface area contributed by atoms with Crippen LogP contribution in [0.3, 0.4) is 0 Å². The molecule has 2 saturated heterocycles. The van der Waals surface area contributed by atoms with Crippen molar-refractivity contribution in [3.63, 3.8) is 0 Å². The van der Waals surface area contributed by atoms with Crippen LogP contribution in [0.4, 0.5) is 22.7 Å². The van der Waals surface area contributed by atoms with E-state index in [9.17, 15) is 47.9 Å². The Labute approximate surface area is 440 Å². The Morgan fingerprint density at radius 1 is 0.416 bits per heavy atom. The van der Waals surface area contributed by atoms with Gasteiger partial charge in [0.25, 0.3) is 35.4 Å². The number of benzene rings is 6. The van der Waals surface area contributed by atoms with Crippen LogP contribution in [-0.2, 0) is 60.8 Å². The van der Waals surface area contributed by atoms with Gasteiger partial charge in [-0.25, -0.2) is 19.6 Å². The van der Waals surface area contributed by atoms with Gasteiger partial charge in [-0.1, -0.05) is 60.7 Å². The SMILES string of the molecule is CC(=O)N(CN(C(C)=O)C1CC(=O)N(c2cccc(Cc3cccc(Oc4cccc(N5C(=O)C=CC5=O)c4)c3)c2)C1=O)C1CC(=O)N(c2cccc(Cc3cccc(Oc4cccc(N5C(=O)C=CC5=O)c4)c3)c2)C1=O. The maximum atomic E-state index is 14.2. The van der Waals surface area contributed by atoms with Crippen LogP contribution in [0.5, 0.6) is 23.0 Å². The summed E-state index contributed by atoms with van der Waals surface area (Å²) in [6, 6.07) is 38.6. The molecule has 0 aromatic heterocycles. The number of nitrogens with zero attached hydrogens (tertiary/aromatic N) is 6. The minimum absolute atomic E-state index is 0.267. The second-order valence-electron chi connectivity index (χ2n) is 18.6. The molecule has 6 aromatic rings. The first-order valence-electron chi connectivity index (χ1n) is 24.4. The summed E-state index contributed by atoms with van der Waals surface area (Å²) in [4.78, 5) is 138. The van der Waals surface area contributed by atoms with Crippen molar-refractivity contribution in [2.45, 2.75) is 51.6 Å². The molecular formula is C59H46N6O12. The number of imide groups is 4. The van der Waals surface area contributed by atoms with Gasteiger partial charge in [-0.05, 0) is 108 Å². The van der Waals surface area contributed by atoms with Gasteiger partial charge in [0.1, 0.15) is 35.1 Å². The molecule has 0 N–H and O–H groups in total. The second kappa shape index (κ2) is 21.0. The summed E-state index contributed by atoms with van der Waals surface area (Å²) in [5.74, 6) is -3.91. The maximum absolute atomic E-state index is 14.2. The molecule has 4 aliphatic heterocycles. The Kier molecular flexibility index (Phi) is 13.8. The van der Waals surface area contributed by atoms with Crippen LogP contribution in [0.1, 0.15) is 48.9 Å². The van der Waals surface area contributed by atoms with Gasteiger partial charge in [-0.2, -0.15) is 0 Å². The second-order valence-corrected chi connectivity index (χ2v) is 18.6. The van der Waals surface area contributed by atoms with Crippen molar-refractivity contribution < 1.29 is 57.4 Å². The minimum atomic E-state index is -1.33. The summed E-state index contributed by atoms with van der Waals surface area (Å²) in [7, 11) is 0. The van der Waals surface area contributed by atoms with Crippen molar-refractivity contribution in [2.75, 3.05) is 26.3 Å². The molecule has 2 fully saturated rings. The molecule has 10 amide bonds. The molecule has 10 rings (SSSR count). The van der Waals surface area contributed by atoms with Gasteiger partial charge in [0.05, 0.1) is 42.3 Å². The van der Waals surface area contributed by atoms with Crippen LogP contribution in [0.25, 0.3) is 0 Å². The molecule has 2 atom stereocenters. The van der Waals surface area contributed by atoms with E-state index in [2.05, 4.69) is 0 Å². The minimum Gasteiger partial charge on any atom is -0.457 e. The van der Waals surface area contributed by atoms with Gasteiger partial charge in [-0.15, -0.1) is 0 Å². The number of carbonyl (C=O) groups is 10. The highest BCUT2D eigenvalue weighted by Gasteiger charge is 2.48. The topological polar surface area (TPSA) is 209 Å². The van der Waals surface area contributed by atoms with Gasteiger partial charge >= 0.3 is 0 Å². The van der Waals surface area contributed by atoms with E-state index in [-0.39, 0.29) is 11.4 Å². The number of anilines is 4. The Balaban J connectivity index is 0.791. The van der Waals surface area contributed by atoms with Crippen LogP contribution in [0.2, 0.25) is 0 Å². The third-order valence-electron chi connectivity index (χ3n) is 13.3. The van der Waals surface area contributed by atoms with Crippen LogP contribution < -0.4 is 29.1 Å². The Morgan fingerprint density at radius 3 is 1.06 bits per heavy atom. The lowest BCUT2D eigenvalue weighted by Crippen LogP contribution is -2.54. The van der Waals surface area contributed by atoms with Gasteiger partial charge < -0.3 is 19.3 Å². The first-order valence-corrected chi connectivity index (χ1v) is 24.4. The lowest BCUT2D eigenvalue weighted by Gasteiger charge is -2.34. The zero-order valence-corrected chi connectivity index (χ0v) is 41.4. The third kappa shape index (κ3) is 10.5. The Morgan fingerprint density at radius 2 is 0.714 bits per heavy atom.